The van der Waals surface area contributed by atoms with Crippen LogP contribution in [0, 0.1) is 0 Å². The van der Waals surface area contributed by atoms with Gasteiger partial charge in [-0.25, -0.2) is 0 Å². The summed E-state index contributed by atoms with van der Waals surface area (Å²) in [6.45, 7) is 3.93. The maximum Gasteiger partial charge on any atom is 0.306 e. The zero-order valence-corrected chi connectivity index (χ0v) is 44.7. The summed E-state index contributed by atoms with van der Waals surface area (Å²) in [4.78, 5) is 37.7. The lowest BCUT2D eigenvalue weighted by atomic mass is 10.0. The molecule has 0 aromatic carbocycles. The van der Waals surface area contributed by atoms with E-state index in [1.54, 1.807) is 0 Å². The van der Waals surface area contributed by atoms with Crippen molar-refractivity contribution < 1.29 is 42.1 Å². The van der Waals surface area contributed by atoms with Crippen molar-refractivity contribution in [2.75, 3.05) is 47.5 Å². The first-order chi connectivity index (χ1) is 33.0. The van der Waals surface area contributed by atoms with E-state index in [4.69, 9.17) is 18.5 Å². The van der Waals surface area contributed by atoms with Crippen molar-refractivity contribution in [3.63, 3.8) is 0 Å². The summed E-state index contributed by atoms with van der Waals surface area (Å²) >= 11 is 0. The molecule has 388 valence electrons. The Hall–Kier alpha value is -3.33. The molecule has 2 atom stereocenters. The first kappa shape index (κ1) is 64.7. The molecule has 0 saturated carbocycles. The minimum Gasteiger partial charge on any atom is -0.756 e. The van der Waals surface area contributed by atoms with Gasteiger partial charge >= 0.3 is 11.9 Å². The third-order valence-electron chi connectivity index (χ3n) is 10.8. The molecule has 0 aromatic rings. The van der Waals surface area contributed by atoms with Gasteiger partial charge in [-0.15, -0.1) is 0 Å². The van der Waals surface area contributed by atoms with Gasteiger partial charge < -0.3 is 27.9 Å². The van der Waals surface area contributed by atoms with Gasteiger partial charge in [0, 0.05) is 12.8 Å². The summed E-state index contributed by atoms with van der Waals surface area (Å²) in [5.41, 5.74) is 0. The van der Waals surface area contributed by atoms with E-state index >= 15 is 0 Å². The predicted molar refractivity (Wildman–Crippen MR) is 286 cm³/mol. The lowest BCUT2D eigenvalue weighted by Gasteiger charge is -2.28. The number of allylic oxidation sites excluding steroid dienone is 18. The molecule has 0 rings (SSSR count). The minimum absolute atomic E-state index is 0.0468. The van der Waals surface area contributed by atoms with Gasteiger partial charge in [0.15, 0.2) is 6.10 Å². The van der Waals surface area contributed by atoms with E-state index < -0.39 is 32.5 Å². The van der Waals surface area contributed by atoms with Crippen LogP contribution in [-0.2, 0) is 32.7 Å². The monoisotopic (exact) mass is 968 g/mol. The third kappa shape index (κ3) is 52.0. The fraction of sp³-hybridized carbons (Fsp3) is 0.655. The summed E-state index contributed by atoms with van der Waals surface area (Å²) in [6, 6.07) is 0. The number of ether oxygens (including phenoxy) is 2. The summed E-state index contributed by atoms with van der Waals surface area (Å²) in [5.74, 6) is -0.909. The lowest BCUT2D eigenvalue weighted by molar-refractivity contribution is -0.870. The van der Waals surface area contributed by atoms with Crippen LogP contribution in [0.4, 0.5) is 0 Å². The van der Waals surface area contributed by atoms with E-state index in [0.717, 1.165) is 83.5 Å². The molecule has 0 saturated heterocycles. The van der Waals surface area contributed by atoms with E-state index in [2.05, 4.69) is 117 Å². The third-order valence-corrected chi connectivity index (χ3v) is 11.8. The number of unbranched alkanes of at least 4 members (excludes halogenated alkanes) is 15. The van der Waals surface area contributed by atoms with Crippen molar-refractivity contribution in [2.24, 2.45) is 0 Å². The van der Waals surface area contributed by atoms with Gasteiger partial charge in [0.2, 0.25) is 0 Å². The number of esters is 2. The Kier molecular flexibility index (Phi) is 46.3. The van der Waals surface area contributed by atoms with Gasteiger partial charge in [0.05, 0.1) is 27.7 Å². The average Bonchev–Trinajstić information content (AvgIpc) is 3.30. The summed E-state index contributed by atoms with van der Waals surface area (Å²) in [5, 5.41) is 0. The SMILES string of the molecule is CC/C=C\C/C=C\C/C=C\C/C=C\C/C=C\CCCC(=O)OC(COC(=O)CCCCCCCCCCCCCCCC/C=C\C/C=C\C/C=C\C/C=C\CC)COP(=O)([O-])OCC[N+](C)(C)C. The highest BCUT2D eigenvalue weighted by atomic mass is 31.2. The molecule has 0 heterocycles. The molecule has 10 heteroatoms. The number of likely N-dealkylation sites (N-methyl/N-ethyl adjacent to an activating group) is 1. The van der Waals surface area contributed by atoms with Crippen molar-refractivity contribution in [1.82, 2.24) is 0 Å². The predicted octanol–water partition coefficient (Wildman–Crippen LogP) is 15.6. The number of hydrogen-bond acceptors (Lipinski definition) is 8. The average molecular weight is 968 g/mol. The van der Waals surface area contributed by atoms with Crippen molar-refractivity contribution >= 4 is 19.8 Å². The van der Waals surface area contributed by atoms with E-state index in [-0.39, 0.29) is 26.1 Å². The zero-order chi connectivity index (χ0) is 49.9. The van der Waals surface area contributed by atoms with E-state index in [1.807, 2.05) is 27.2 Å². The number of phosphoric ester groups is 1. The molecule has 9 nitrogen and oxygen atoms in total. The molecule has 0 radical (unpaired) electrons. The van der Waals surface area contributed by atoms with E-state index in [1.165, 1.54) is 70.6 Å². The number of nitrogens with zero attached hydrogens (tertiary/aromatic N) is 1. The highest BCUT2D eigenvalue weighted by Crippen LogP contribution is 2.38. The minimum atomic E-state index is -4.65. The molecule has 0 aliphatic heterocycles. The van der Waals surface area contributed by atoms with Crippen LogP contribution < -0.4 is 4.89 Å². The standard InChI is InChI=1S/C58H98NO8P/c1-6-8-10-12-14-16-18-20-22-24-25-26-27-28-29-30-31-32-33-35-36-38-40-42-44-46-48-50-57(60)64-54-56(55-66-68(62,63)65-53-52-59(3,4)5)67-58(61)51-49-47-45-43-41-39-37-34-23-21-19-17-15-13-11-9-7-2/h8-11,14-17,20-23,25-26,37,39,43,45,56H,6-7,12-13,18-19,24,27-36,38,40-42,44,46-55H2,1-5H3/b10-8-,11-9-,16-14-,17-15-,22-20-,23-21-,26-25-,39-37-,45-43-. The fourth-order valence-corrected chi connectivity index (χ4v) is 7.47. The smallest absolute Gasteiger partial charge is 0.306 e. The Bertz CT molecular complexity index is 1520. The Balaban J connectivity index is 4.24. The molecule has 68 heavy (non-hydrogen) atoms. The number of carbonyl (C=O) groups excluding carboxylic acids is 2. The molecule has 0 amide bonds. The van der Waals surface area contributed by atoms with Crippen LogP contribution in [-0.4, -0.2) is 70.0 Å². The molecule has 0 spiro atoms. The maximum absolute atomic E-state index is 12.7. The van der Waals surface area contributed by atoms with Gasteiger partial charge in [0.25, 0.3) is 7.82 Å². The molecule has 0 aliphatic rings. The van der Waals surface area contributed by atoms with Crippen LogP contribution in [0.15, 0.2) is 109 Å². The van der Waals surface area contributed by atoms with E-state index in [9.17, 15) is 19.0 Å². The molecular weight excluding hydrogens is 870 g/mol. The van der Waals surface area contributed by atoms with Crippen molar-refractivity contribution in [1.29, 1.82) is 0 Å². The van der Waals surface area contributed by atoms with Crippen molar-refractivity contribution in [3.05, 3.63) is 109 Å². The second kappa shape index (κ2) is 48.7. The largest absolute Gasteiger partial charge is 0.756 e. The van der Waals surface area contributed by atoms with Gasteiger partial charge in [-0.1, -0.05) is 200 Å². The number of rotatable bonds is 47. The topological polar surface area (TPSA) is 111 Å². The summed E-state index contributed by atoms with van der Waals surface area (Å²) < 4.78 is 34.0. The van der Waals surface area contributed by atoms with Crippen LogP contribution in [0.5, 0.6) is 0 Å². The first-order valence-corrected chi connectivity index (χ1v) is 28.1. The van der Waals surface area contributed by atoms with E-state index in [0.29, 0.717) is 23.9 Å². The molecule has 2 unspecified atom stereocenters. The van der Waals surface area contributed by atoms with Crippen LogP contribution in [0.1, 0.15) is 194 Å². The molecular formula is C58H98NO8P. The lowest BCUT2D eigenvalue weighted by Crippen LogP contribution is -2.37. The van der Waals surface area contributed by atoms with Crippen LogP contribution >= 0.6 is 7.82 Å². The van der Waals surface area contributed by atoms with Gasteiger partial charge in [-0.3, -0.25) is 14.2 Å². The Morgan fingerprint density at radius 3 is 1.22 bits per heavy atom. The van der Waals surface area contributed by atoms with Gasteiger partial charge in [-0.2, -0.15) is 0 Å². The molecule has 0 aliphatic carbocycles. The normalized spacial score (nSPS) is 14.3. The Morgan fingerprint density at radius 1 is 0.456 bits per heavy atom. The first-order valence-electron chi connectivity index (χ1n) is 26.6. The zero-order valence-electron chi connectivity index (χ0n) is 43.8. The number of quaternary nitrogens is 1. The Labute approximate surface area is 416 Å². The molecule has 0 bridgehead atoms. The van der Waals surface area contributed by atoms with Crippen LogP contribution in [0.2, 0.25) is 0 Å². The fourth-order valence-electron chi connectivity index (χ4n) is 6.74. The van der Waals surface area contributed by atoms with Crippen molar-refractivity contribution in [2.45, 2.75) is 200 Å². The number of carbonyl (C=O) groups is 2. The summed E-state index contributed by atoms with van der Waals surface area (Å²) in [7, 11) is 1.12. The Morgan fingerprint density at radius 2 is 0.809 bits per heavy atom. The molecule has 0 N–H and O–H groups in total. The van der Waals surface area contributed by atoms with Gasteiger partial charge in [0.1, 0.15) is 19.8 Å². The second-order valence-electron chi connectivity index (χ2n) is 18.5. The highest BCUT2D eigenvalue weighted by molar-refractivity contribution is 7.45. The molecule has 0 aromatic heterocycles. The number of phosphoric acid groups is 1. The van der Waals surface area contributed by atoms with Crippen LogP contribution in [0.25, 0.3) is 0 Å². The second-order valence-corrected chi connectivity index (χ2v) is 19.9. The van der Waals surface area contributed by atoms with Gasteiger partial charge in [-0.05, 0) is 89.9 Å². The molecule has 0 fully saturated rings. The van der Waals surface area contributed by atoms with Crippen LogP contribution in [0.3, 0.4) is 0 Å². The maximum atomic E-state index is 12.7. The summed E-state index contributed by atoms with van der Waals surface area (Å²) in [6.07, 6.45) is 67.1. The van der Waals surface area contributed by atoms with Crippen molar-refractivity contribution in [3.8, 4) is 0 Å². The quantitative estimate of drug-likeness (QED) is 0.0195. The number of hydrogen-bond donors (Lipinski definition) is 0. The highest BCUT2D eigenvalue weighted by Gasteiger charge is 2.21.